The Morgan fingerprint density at radius 1 is 0.415 bits per heavy atom. The van der Waals surface area contributed by atoms with Crippen LogP contribution in [0, 0.1) is 0 Å². The van der Waals surface area contributed by atoms with E-state index in [1.54, 1.807) is 6.20 Å². The smallest absolute Gasteiger partial charge is 0.178 e. The average molecular weight is 681 g/mol. The third-order valence-corrected chi connectivity index (χ3v) is 10.1. The number of hydrogen-bond acceptors (Lipinski definition) is 5. The van der Waals surface area contributed by atoms with Crippen molar-refractivity contribution < 1.29 is 8.83 Å². The van der Waals surface area contributed by atoms with Crippen molar-refractivity contribution in [3.05, 3.63) is 170 Å². The van der Waals surface area contributed by atoms with Gasteiger partial charge in [0.05, 0.1) is 28.1 Å². The largest absolute Gasteiger partial charge is 0.452 e. The number of imidazole rings is 1. The highest BCUT2D eigenvalue weighted by atomic mass is 16.4. The molecule has 0 fully saturated rings. The predicted molar refractivity (Wildman–Crippen MR) is 213 cm³/mol. The van der Waals surface area contributed by atoms with Gasteiger partial charge in [0.25, 0.3) is 0 Å². The minimum absolute atomic E-state index is 0.744. The Labute approximate surface area is 303 Å². The number of benzene rings is 6. The molecule has 5 aromatic heterocycles. The molecule has 0 saturated heterocycles. The Kier molecular flexibility index (Phi) is 6.45. The summed E-state index contributed by atoms with van der Waals surface area (Å²) in [4.78, 5) is 14.4. The van der Waals surface area contributed by atoms with Gasteiger partial charge in [-0.1, -0.05) is 72.8 Å². The summed E-state index contributed by atoms with van der Waals surface area (Å²) in [5.41, 5.74) is 13.1. The van der Waals surface area contributed by atoms with Crippen molar-refractivity contribution in [3.8, 4) is 50.8 Å². The molecule has 0 radical (unpaired) electrons. The maximum absolute atomic E-state index is 6.51. The Morgan fingerprint density at radius 3 is 1.81 bits per heavy atom. The van der Waals surface area contributed by atoms with Gasteiger partial charge in [0.2, 0.25) is 0 Å². The first-order valence-corrected chi connectivity index (χ1v) is 17.6. The lowest BCUT2D eigenvalue weighted by atomic mass is 10.0. The minimum atomic E-state index is 0.744. The molecule has 0 N–H and O–H groups in total. The molecule has 5 heterocycles. The molecule has 6 aromatic carbocycles. The summed E-state index contributed by atoms with van der Waals surface area (Å²) in [6.07, 6.45) is 1.79. The molecule has 6 nitrogen and oxygen atoms in total. The maximum Gasteiger partial charge on any atom is 0.178 e. The van der Waals surface area contributed by atoms with E-state index in [-0.39, 0.29) is 0 Å². The van der Waals surface area contributed by atoms with Gasteiger partial charge in [-0.15, -0.1) is 0 Å². The Bertz CT molecular complexity index is 3160. The van der Waals surface area contributed by atoms with Crippen LogP contribution in [-0.2, 0) is 0 Å². The fourth-order valence-electron chi connectivity index (χ4n) is 7.53. The van der Waals surface area contributed by atoms with Crippen LogP contribution in [0.15, 0.2) is 179 Å². The van der Waals surface area contributed by atoms with Crippen molar-refractivity contribution in [1.29, 1.82) is 0 Å². The van der Waals surface area contributed by atoms with Gasteiger partial charge in [-0.05, 0) is 102 Å². The van der Waals surface area contributed by atoms with E-state index >= 15 is 0 Å². The van der Waals surface area contributed by atoms with E-state index in [0.29, 0.717) is 0 Å². The number of para-hydroxylation sites is 2. The summed E-state index contributed by atoms with van der Waals surface area (Å²) in [7, 11) is 0. The van der Waals surface area contributed by atoms with Gasteiger partial charge in [-0.3, -0.25) is 9.55 Å². The van der Waals surface area contributed by atoms with Crippen molar-refractivity contribution in [3.63, 3.8) is 0 Å². The predicted octanol–water partition coefficient (Wildman–Crippen LogP) is 12.3. The monoisotopic (exact) mass is 680 g/mol. The van der Waals surface area contributed by atoms with E-state index in [9.17, 15) is 0 Å². The minimum Gasteiger partial charge on any atom is -0.452 e. The zero-order valence-corrected chi connectivity index (χ0v) is 28.3. The van der Waals surface area contributed by atoms with Crippen LogP contribution >= 0.6 is 0 Å². The number of hydrogen-bond donors (Lipinski definition) is 0. The Balaban J connectivity index is 0.969. The standard InChI is InChI=1S/C47H28N4O2/c1-2-9-30(10-3-1)47-50-41-12-4-5-15-42(41)51(47)33-20-16-29(17-21-33)31-18-24-43-36(27-31)34-22-23-35-37-28-32(19-25-44(37)53-46(35)45(34)52-43)38-13-8-14-40(49-38)39-11-6-7-26-48-39/h1-28H. The van der Waals surface area contributed by atoms with Crippen LogP contribution in [0.1, 0.15) is 0 Å². The first kappa shape index (κ1) is 29.4. The molecule has 53 heavy (non-hydrogen) atoms. The summed E-state index contributed by atoms with van der Waals surface area (Å²) < 4.78 is 15.2. The first-order valence-electron chi connectivity index (χ1n) is 17.6. The van der Waals surface area contributed by atoms with E-state index in [0.717, 1.165) is 106 Å². The molecule has 248 valence electrons. The van der Waals surface area contributed by atoms with Gasteiger partial charge in [-0.25, -0.2) is 9.97 Å². The summed E-state index contributed by atoms with van der Waals surface area (Å²) in [5, 5.41) is 4.10. The lowest BCUT2D eigenvalue weighted by Crippen LogP contribution is -1.97. The van der Waals surface area contributed by atoms with Crippen molar-refractivity contribution in [1.82, 2.24) is 19.5 Å². The van der Waals surface area contributed by atoms with Gasteiger partial charge < -0.3 is 8.83 Å². The van der Waals surface area contributed by atoms with Gasteiger partial charge in [0, 0.05) is 44.6 Å². The number of pyridine rings is 2. The van der Waals surface area contributed by atoms with Gasteiger partial charge in [-0.2, -0.15) is 0 Å². The lowest BCUT2D eigenvalue weighted by Gasteiger charge is -2.11. The van der Waals surface area contributed by atoms with Crippen LogP contribution in [0.5, 0.6) is 0 Å². The molecule has 0 bridgehead atoms. The average Bonchev–Trinajstić information content (AvgIpc) is 3.93. The number of furan rings is 2. The van der Waals surface area contributed by atoms with Crippen LogP contribution in [-0.4, -0.2) is 19.5 Å². The molecule has 0 unspecified atom stereocenters. The molecule has 0 aliphatic rings. The summed E-state index contributed by atoms with van der Waals surface area (Å²) in [6.45, 7) is 0. The number of fused-ring (bicyclic) bond motifs is 8. The van der Waals surface area contributed by atoms with Gasteiger partial charge in [0.1, 0.15) is 17.0 Å². The van der Waals surface area contributed by atoms with Crippen LogP contribution in [0.2, 0.25) is 0 Å². The maximum atomic E-state index is 6.51. The normalized spacial score (nSPS) is 11.8. The molecule has 11 aromatic rings. The third kappa shape index (κ3) is 4.77. The zero-order valence-electron chi connectivity index (χ0n) is 28.3. The zero-order chi connectivity index (χ0) is 34.9. The van der Waals surface area contributed by atoms with Gasteiger partial charge in [0.15, 0.2) is 11.2 Å². The highest BCUT2D eigenvalue weighted by Crippen LogP contribution is 2.41. The fourth-order valence-corrected chi connectivity index (χ4v) is 7.53. The third-order valence-electron chi connectivity index (χ3n) is 10.1. The van der Waals surface area contributed by atoms with Crippen molar-refractivity contribution >= 4 is 54.9 Å². The van der Waals surface area contributed by atoms with Crippen LogP contribution in [0.25, 0.3) is 106 Å². The molecular formula is C47H28N4O2. The van der Waals surface area contributed by atoms with E-state index < -0.39 is 0 Å². The topological polar surface area (TPSA) is 69.9 Å². The molecule has 6 heteroatoms. The van der Waals surface area contributed by atoms with Crippen molar-refractivity contribution in [2.24, 2.45) is 0 Å². The molecule has 0 saturated carbocycles. The summed E-state index contributed by atoms with van der Waals surface area (Å²) >= 11 is 0. The molecule has 0 amide bonds. The second kappa shape index (κ2) is 11.6. The summed E-state index contributed by atoms with van der Waals surface area (Å²) in [5.74, 6) is 0.922. The second-order valence-corrected chi connectivity index (χ2v) is 13.2. The van der Waals surface area contributed by atoms with E-state index in [1.807, 2.05) is 54.6 Å². The van der Waals surface area contributed by atoms with Crippen molar-refractivity contribution in [2.75, 3.05) is 0 Å². The van der Waals surface area contributed by atoms with Crippen LogP contribution < -0.4 is 0 Å². The van der Waals surface area contributed by atoms with Crippen molar-refractivity contribution in [2.45, 2.75) is 0 Å². The molecule has 0 aliphatic carbocycles. The van der Waals surface area contributed by atoms with E-state index in [4.69, 9.17) is 18.8 Å². The molecule has 11 rings (SSSR count). The molecule has 0 aliphatic heterocycles. The van der Waals surface area contributed by atoms with Gasteiger partial charge >= 0.3 is 0 Å². The fraction of sp³-hybridized carbons (Fsp3) is 0. The van der Waals surface area contributed by atoms with E-state index in [1.165, 1.54) is 0 Å². The first-order chi connectivity index (χ1) is 26.2. The summed E-state index contributed by atoms with van der Waals surface area (Å²) in [6, 6.07) is 56.1. The SMILES string of the molecule is c1ccc(-c2nc3ccccc3n2-c2ccc(-c3ccc4oc5c(ccc6c7cc(-c8cccc(-c9ccccn9)n8)ccc7oc65)c4c3)cc2)cc1. The van der Waals surface area contributed by atoms with Crippen LogP contribution in [0.3, 0.4) is 0 Å². The highest BCUT2D eigenvalue weighted by Gasteiger charge is 2.18. The Hall–Kier alpha value is -7.31. The quantitative estimate of drug-likeness (QED) is 0.181. The number of aromatic nitrogens is 4. The van der Waals surface area contributed by atoms with Crippen LogP contribution in [0.4, 0.5) is 0 Å². The molecule has 0 spiro atoms. The lowest BCUT2D eigenvalue weighted by molar-refractivity contribution is 0.633. The second-order valence-electron chi connectivity index (χ2n) is 13.2. The molecule has 0 atom stereocenters. The Morgan fingerprint density at radius 2 is 1.06 bits per heavy atom. The number of rotatable bonds is 5. The molecular weight excluding hydrogens is 653 g/mol. The number of nitrogens with zero attached hydrogens (tertiary/aromatic N) is 4. The highest BCUT2D eigenvalue weighted by molar-refractivity contribution is 6.19. The van der Waals surface area contributed by atoms with E-state index in [2.05, 4.69) is 119 Å².